The molecule has 1 nitrogen and oxygen atoms in total. The average Bonchev–Trinajstić information content (AvgIpc) is 3.78. The summed E-state index contributed by atoms with van der Waals surface area (Å²) in [6.07, 6.45) is 0. The summed E-state index contributed by atoms with van der Waals surface area (Å²) < 4.78 is 8.91. The molecule has 2 heteroatoms. The van der Waals surface area contributed by atoms with Gasteiger partial charge in [-0.15, -0.1) is 11.3 Å². The van der Waals surface area contributed by atoms with E-state index >= 15 is 0 Å². The predicted octanol–water partition coefficient (Wildman–Crippen LogP) is 15.6. The van der Waals surface area contributed by atoms with Gasteiger partial charge in [-0.25, -0.2) is 0 Å². The SMILES string of the molecule is c1ccc2cc(-c3c4ccccc4c(-c4ccc(-c5cc6sc7cc8c(cc7c6c6ccccc56)oc5ccccc58)cc4)c4ccccc34)ccc2c1. The standard InChI is InChI=1S/C52H30OS/c1-2-12-34-27-35(26-21-31(34)11-1)51-41-18-7-5-16-39(41)50(40-17-6-8-19-42(40)51)33-24-22-32(23-25-33)43-29-49-52(38-15-4-3-13-36(38)43)45-28-47-44(30-48(45)54-49)37-14-9-10-20-46(37)53-47/h1-30H. The smallest absolute Gasteiger partial charge is 0.136 e. The molecule has 250 valence electrons. The quantitative estimate of drug-likeness (QED) is 0.167. The van der Waals surface area contributed by atoms with Crippen LogP contribution in [-0.2, 0) is 0 Å². The normalized spacial score (nSPS) is 12.1. The summed E-state index contributed by atoms with van der Waals surface area (Å²) >= 11 is 1.87. The molecule has 0 aliphatic heterocycles. The molecule has 0 aliphatic rings. The number of furan rings is 1. The fraction of sp³-hybridized carbons (Fsp3) is 0. The van der Waals surface area contributed by atoms with Crippen LogP contribution >= 0.6 is 11.3 Å². The van der Waals surface area contributed by atoms with Gasteiger partial charge in [0.2, 0.25) is 0 Å². The largest absolute Gasteiger partial charge is 0.456 e. The third kappa shape index (κ3) is 4.32. The summed E-state index contributed by atoms with van der Waals surface area (Å²) in [5, 5.41) is 15.0. The Morgan fingerprint density at radius 3 is 1.59 bits per heavy atom. The first kappa shape index (κ1) is 29.8. The second-order valence-corrected chi connectivity index (χ2v) is 15.5. The first-order valence-electron chi connectivity index (χ1n) is 18.5. The monoisotopic (exact) mass is 702 g/mol. The maximum absolute atomic E-state index is 6.33. The summed E-state index contributed by atoms with van der Waals surface area (Å²) in [6.45, 7) is 0. The second kappa shape index (κ2) is 11.4. The molecule has 0 N–H and O–H groups in total. The van der Waals surface area contributed by atoms with Gasteiger partial charge in [0.25, 0.3) is 0 Å². The van der Waals surface area contributed by atoms with Crippen LogP contribution in [0.1, 0.15) is 0 Å². The zero-order valence-electron chi connectivity index (χ0n) is 29.1. The van der Waals surface area contributed by atoms with E-state index in [1.54, 1.807) is 0 Å². The summed E-state index contributed by atoms with van der Waals surface area (Å²) in [7, 11) is 0. The lowest BCUT2D eigenvalue weighted by atomic mass is 9.85. The Kier molecular flexibility index (Phi) is 6.28. The molecule has 0 fully saturated rings. The number of thiophene rings is 1. The maximum atomic E-state index is 6.33. The van der Waals surface area contributed by atoms with Gasteiger partial charge in [-0.1, -0.05) is 152 Å². The van der Waals surface area contributed by atoms with Gasteiger partial charge >= 0.3 is 0 Å². The van der Waals surface area contributed by atoms with Crippen molar-refractivity contribution < 1.29 is 4.42 Å². The van der Waals surface area contributed by atoms with Gasteiger partial charge in [-0.2, -0.15) is 0 Å². The second-order valence-electron chi connectivity index (χ2n) is 14.4. The van der Waals surface area contributed by atoms with Crippen molar-refractivity contribution in [1.82, 2.24) is 0 Å². The van der Waals surface area contributed by atoms with Crippen molar-refractivity contribution in [1.29, 1.82) is 0 Å². The Bertz CT molecular complexity index is 3430. The summed E-state index contributed by atoms with van der Waals surface area (Å²) in [5.74, 6) is 0. The van der Waals surface area contributed by atoms with E-state index in [0.717, 1.165) is 11.2 Å². The minimum Gasteiger partial charge on any atom is -0.456 e. The van der Waals surface area contributed by atoms with Gasteiger partial charge in [-0.05, 0) is 107 Å². The van der Waals surface area contributed by atoms with E-state index in [1.165, 1.54) is 107 Å². The molecule has 2 aromatic heterocycles. The van der Waals surface area contributed by atoms with E-state index in [4.69, 9.17) is 4.42 Å². The lowest BCUT2D eigenvalue weighted by molar-refractivity contribution is 0.669. The zero-order valence-corrected chi connectivity index (χ0v) is 30.0. The molecule has 0 radical (unpaired) electrons. The fourth-order valence-corrected chi connectivity index (χ4v) is 10.2. The first-order chi connectivity index (χ1) is 26.8. The van der Waals surface area contributed by atoms with Crippen molar-refractivity contribution in [3.8, 4) is 33.4 Å². The van der Waals surface area contributed by atoms with Crippen molar-refractivity contribution in [2.24, 2.45) is 0 Å². The molecule has 54 heavy (non-hydrogen) atoms. The molecular weight excluding hydrogens is 673 g/mol. The fourth-order valence-electron chi connectivity index (χ4n) is 9.01. The van der Waals surface area contributed by atoms with Crippen molar-refractivity contribution in [3.05, 3.63) is 182 Å². The Morgan fingerprint density at radius 1 is 0.315 bits per heavy atom. The molecular formula is C52H30OS. The Balaban J connectivity index is 1.04. The van der Waals surface area contributed by atoms with Gasteiger partial charge in [0.1, 0.15) is 11.2 Å². The Morgan fingerprint density at radius 2 is 0.870 bits per heavy atom. The summed E-state index contributed by atoms with van der Waals surface area (Å²) in [4.78, 5) is 0. The minimum absolute atomic E-state index is 0.937. The van der Waals surface area contributed by atoms with Crippen LogP contribution < -0.4 is 0 Å². The zero-order chi connectivity index (χ0) is 35.3. The molecule has 0 saturated heterocycles. The van der Waals surface area contributed by atoms with Crippen molar-refractivity contribution in [2.45, 2.75) is 0 Å². The van der Waals surface area contributed by atoms with Gasteiger partial charge in [0, 0.05) is 30.9 Å². The first-order valence-corrected chi connectivity index (χ1v) is 19.3. The highest BCUT2D eigenvalue weighted by atomic mass is 32.1. The van der Waals surface area contributed by atoms with Crippen LogP contribution in [0.2, 0.25) is 0 Å². The number of benzene rings is 10. The highest BCUT2D eigenvalue weighted by Gasteiger charge is 2.19. The number of rotatable bonds is 3. The van der Waals surface area contributed by atoms with Crippen LogP contribution in [0.25, 0.3) is 119 Å². The van der Waals surface area contributed by atoms with Gasteiger partial charge in [0.05, 0.1) is 0 Å². The average molecular weight is 703 g/mol. The van der Waals surface area contributed by atoms with E-state index in [2.05, 4.69) is 176 Å². The third-order valence-electron chi connectivity index (χ3n) is 11.4. The lowest BCUT2D eigenvalue weighted by Crippen LogP contribution is -1.91. The van der Waals surface area contributed by atoms with E-state index in [0.29, 0.717) is 0 Å². The van der Waals surface area contributed by atoms with Crippen LogP contribution in [0, 0.1) is 0 Å². The predicted molar refractivity (Wildman–Crippen MR) is 233 cm³/mol. The molecule has 0 amide bonds. The molecule has 0 spiro atoms. The summed E-state index contributed by atoms with van der Waals surface area (Å²) in [5.41, 5.74) is 9.38. The number of para-hydroxylation sites is 1. The summed E-state index contributed by atoms with van der Waals surface area (Å²) in [6, 6.07) is 66.8. The van der Waals surface area contributed by atoms with Crippen LogP contribution in [0.4, 0.5) is 0 Å². The molecule has 0 atom stereocenters. The molecule has 0 saturated carbocycles. The maximum Gasteiger partial charge on any atom is 0.136 e. The molecule has 12 rings (SSSR count). The van der Waals surface area contributed by atoms with E-state index in [-0.39, 0.29) is 0 Å². The molecule has 0 aliphatic carbocycles. The molecule has 2 heterocycles. The molecule has 10 aromatic carbocycles. The minimum atomic E-state index is 0.937. The van der Waals surface area contributed by atoms with Gasteiger partial charge in [-0.3, -0.25) is 0 Å². The van der Waals surface area contributed by atoms with Crippen LogP contribution in [0.15, 0.2) is 186 Å². The molecule has 12 aromatic rings. The van der Waals surface area contributed by atoms with E-state index in [9.17, 15) is 0 Å². The van der Waals surface area contributed by atoms with Crippen molar-refractivity contribution in [3.63, 3.8) is 0 Å². The Hall–Kier alpha value is -6.74. The van der Waals surface area contributed by atoms with Gasteiger partial charge < -0.3 is 4.42 Å². The van der Waals surface area contributed by atoms with E-state index in [1.807, 2.05) is 17.4 Å². The number of fused-ring (bicyclic) bond motifs is 11. The lowest BCUT2D eigenvalue weighted by Gasteiger charge is -2.18. The van der Waals surface area contributed by atoms with Crippen molar-refractivity contribution >= 4 is 96.5 Å². The highest BCUT2D eigenvalue weighted by Crippen LogP contribution is 2.47. The van der Waals surface area contributed by atoms with E-state index < -0.39 is 0 Å². The highest BCUT2D eigenvalue weighted by molar-refractivity contribution is 7.26. The van der Waals surface area contributed by atoms with Crippen LogP contribution in [0.5, 0.6) is 0 Å². The molecule has 0 bridgehead atoms. The van der Waals surface area contributed by atoms with Crippen LogP contribution in [0.3, 0.4) is 0 Å². The number of hydrogen-bond donors (Lipinski definition) is 0. The Labute approximate surface area is 314 Å². The third-order valence-corrected chi connectivity index (χ3v) is 12.5. The molecule has 0 unspecified atom stereocenters. The number of hydrogen-bond acceptors (Lipinski definition) is 2. The van der Waals surface area contributed by atoms with Gasteiger partial charge in [0.15, 0.2) is 0 Å². The van der Waals surface area contributed by atoms with Crippen molar-refractivity contribution in [2.75, 3.05) is 0 Å². The van der Waals surface area contributed by atoms with Crippen LogP contribution in [-0.4, -0.2) is 0 Å². The topological polar surface area (TPSA) is 13.1 Å².